The summed E-state index contributed by atoms with van der Waals surface area (Å²) >= 11 is 0. The summed E-state index contributed by atoms with van der Waals surface area (Å²) in [5, 5.41) is 10.6. The Kier molecular flexibility index (Phi) is 2.86. The molecule has 0 aliphatic heterocycles. The molecule has 1 aromatic rings. The number of hydrogen-bond donors (Lipinski definition) is 2. The molecule has 1 aliphatic rings. The molecule has 5 nitrogen and oxygen atoms in total. The summed E-state index contributed by atoms with van der Waals surface area (Å²) in [6.07, 6.45) is 7.60. The zero-order chi connectivity index (χ0) is 9.80. The van der Waals surface area contributed by atoms with Crippen LogP contribution in [0.25, 0.3) is 0 Å². The normalized spacial score (nSPS) is 19.1. The predicted molar refractivity (Wildman–Crippen MR) is 53.8 cm³/mol. The summed E-state index contributed by atoms with van der Waals surface area (Å²) in [5.41, 5.74) is 5.33. The Labute approximate surface area is 83.1 Å². The number of nitrogens with one attached hydrogen (secondary N) is 1. The first kappa shape index (κ1) is 9.30. The highest BCUT2D eigenvalue weighted by molar-refractivity contribution is 5.24. The summed E-state index contributed by atoms with van der Waals surface area (Å²) in [6.45, 7) is 0. The highest BCUT2D eigenvalue weighted by Gasteiger charge is 2.14. The van der Waals surface area contributed by atoms with Crippen LogP contribution < -0.4 is 11.1 Å². The first-order valence-electron chi connectivity index (χ1n) is 5.20. The molecule has 0 amide bonds. The minimum Gasteiger partial charge on any atom is -0.390 e. The SMILES string of the molecule is Nc1nnc(NC2CCCCCC2)o1. The average molecular weight is 196 g/mol. The molecule has 2 rings (SSSR count). The second kappa shape index (κ2) is 4.30. The van der Waals surface area contributed by atoms with E-state index in [-0.39, 0.29) is 6.01 Å². The van der Waals surface area contributed by atoms with Gasteiger partial charge >= 0.3 is 12.0 Å². The molecule has 0 spiro atoms. The molecule has 0 saturated heterocycles. The van der Waals surface area contributed by atoms with E-state index in [2.05, 4.69) is 15.5 Å². The molecule has 1 aromatic heterocycles. The Balaban J connectivity index is 1.89. The van der Waals surface area contributed by atoms with Crippen molar-refractivity contribution in [3.05, 3.63) is 0 Å². The lowest BCUT2D eigenvalue weighted by Crippen LogP contribution is -2.18. The van der Waals surface area contributed by atoms with Crippen LogP contribution in [0.3, 0.4) is 0 Å². The summed E-state index contributed by atoms with van der Waals surface area (Å²) in [5.74, 6) is 0. The van der Waals surface area contributed by atoms with Crippen molar-refractivity contribution in [2.75, 3.05) is 11.1 Å². The molecule has 1 aliphatic carbocycles. The molecule has 1 fully saturated rings. The van der Waals surface area contributed by atoms with Crippen LogP contribution in [0.15, 0.2) is 4.42 Å². The fourth-order valence-corrected chi connectivity index (χ4v) is 1.89. The van der Waals surface area contributed by atoms with Gasteiger partial charge in [-0.3, -0.25) is 0 Å². The van der Waals surface area contributed by atoms with Gasteiger partial charge in [-0.05, 0) is 12.8 Å². The van der Waals surface area contributed by atoms with Crippen molar-refractivity contribution in [3.63, 3.8) is 0 Å². The topological polar surface area (TPSA) is 77.0 Å². The fraction of sp³-hybridized carbons (Fsp3) is 0.778. The van der Waals surface area contributed by atoms with Crippen LogP contribution in [-0.4, -0.2) is 16.2 Å². The standard InChI is InChI=1S/C9H16N4O/c10-8-12-13-9(14-8)11-7-5-3-1-2-4-6-7/h7H,1-6H2,(H2,10,12)(H,11,13). The summed E-state index contributed by atoms with van der Waals surface area (Å²) in [6, 6.07) is 1.05. The number of aromatic nitrogens is 2. The molecule has 1 heterocycles. The van der Waals surface area contributed by atoms with Gasteiger partial charge in [0.05, 0.1) is 0 Å². The maximum Gasteiger partial charge on any atom is 0.317 e. The van der Waals surface area contributed by atoms with Gasteiger partial charge in [-0.25, -0.2) is 0 Å². The molecule has 0 unspecified atom stereocenters. The Hall–Kier alpha value is -1.26. The monoisotopic (exact) mass is 196 g/mol. The molecule has 0 radical (unpaired) electrons. The Morgan fingerprint density at radius 3 is 2.43 bits per heavy atom. The number of nitrogen functional groups attached to an aromatic ring is 1. The van der Waals surface area contributed by atoms with E-state index >= 15 is 0 Å². The molecule has 5 heteroatoms. The van der Waals surface area contributed by atoms with Gasteiger partial charge in [0, 0.05) is 6.04 Å². The van der Waals surface area contributed by atoms with Crippen molar-refractivity contribution in [1.29, 1.82) is 0 Å². The van der Waals surface area contributed by atoms with E-state index in [1.54, 1.807) is 0 Å². The van der Waals surface area contributed by atoms with Crippen LogP contribution in [0.1, 0.15) is 38.5 Å². The second-order valence-electron chi connectivity index (χ2n) is 3.78. The van der Waals surface area contributed by atoms with E-state index < -0.39 is 0 Å². The van der Waals surface area contributed by atoms with E-state index in [0.29, 0.717) is 12.1 Å². The van der Waals surface area contributed by atoms with E-state index in [1.807, 2.05) is 0 Å². The first-order valence-corrected chi connectivity index (χ1v) is 5.20. The van der Waals surface area contributed by atoms with Crippen LogP contribution in [0.5, 0.6) is 0 Å². The van der Waals surface area contributed by atoms with E-state index in [9.17, 15) is 0 Å². The Bertz CT molecular complexity index is 278. The van der Waals surface area contributed by atoms with Gasteiger partial charge in [0.15, 0.2) is 0 Å². The fourth-order valence-electron chi connectivity index (χ4n) is 1.89. The van der Waals surface area contributed by atoms with E-state index in [0.717, 1.165) is 0 Å². The maximum atomic E-state index is 5.33. The number of rotatable bonds is 2. The molecule has 14 heavy (non-hydrogen) atoms. The molecule has 1 saturated carbocycles. The largest absolute Gasteiger partial charge is 0.390 e. The van der Waals surface area contributed by atoms with Gasteiger partial charge in [0.25, 0.3) is 0 Å². The summed E-state index contributed by atoms with van der Waals surface area (Å²) in [4.78, 5) is 0. The molecule has 0 aromatic carbocycles. The highest BCUT2D eigenvalue weighted by atomic mass is 16.4. The van der Waals surface area contributed by atoms with E-state index in [1.165, 1.54) is 38.5 Å². The van der Waals surface area contributed by atoms with Gasteiger partial charge in [0.1, 0.15) is 0 Å². The molecule has 0 atom stereocenters. The van der Waals surface area contributed by atoms with Crippen LogP contribution >= 0.6 is 0 Å². The average Bonchev–Trinajstić information content (AvgIpc) is 2.43. The number of nitrogens with zero attached hydrogens (tertiary/aromatic N) is 2. The lowest BCUT2D eigenvalue weighted by Gasteiger charge is -2.13. The van der Waals surface area contributed by atoms with Crippen molar-refractivity contribution in [1.82, 2.24) is 10.2 Å². The quantitative estimate of drug-likeness (QED) is 0.705. The van der Waals surface area contributed by atoms with Crippen molar-refractivity contribution in [3.8, 4) is 0 Å². The lowest BCUT2D eigenvalue weighted by atomic mass is 10.1. The Morgan fingerprint density at radius 2 is 1.86 bits per heavy atom. The Morgan fingerprint density at radius 1 is 1.14 bits per heavy atom. The minimum absolute atomic E-state index is 0.126. The van der Waals surface area contributed by atoms with Gasteiger partial charge in [-0.2, -0.15) is 0 Å². The van der Waals surface area contributed by atoms with Crippen molar-refractivity contribution in [2.24, 2.45) is 0 Å². The second-order valence-corrected chi connectivity index (χ2v) is 3.78. The molecule has 0 bridgehead atoms. The number of hydrogen-bond acceptors (Lipinski definition) is 5. The van der Waals surface area contributed by atoms with Crippen molar-refractivity contribution < 1.29 is 4.42 Å². The molecule has 78 valence electrons. The third-order valence-corrected chi connectivity index (χ3v) is 2.62. The van der Waals surface area contributed by atoms with E-state index in [4.69, 9.17) is 10.2 Å². The summed E-state index contributed by atoms with van der Waals surface area (Å²) < 4.78 is 5.07. The third-order valence-electron chi connectivity index (χ3n) is 2.62. The third kappa shape index (κ3) is 2.37. The smallest absolute Gasteiger partial charge is 0.317 e. The van der Waals surface area contributed by atoms with Gasteiger partial charge < -0.3 is 15.5 Å². The molecular weight excluding hydrogens is 180 g/mol. The zero-order valence-electron chi connectivity index (χ0n) is 8.20. The number of anilines is 2. The predicted octanol–water partition coefficient (Wildman–Crippen LogP) is 1.79. The maximum absolute atomic E-state index is 5.33. The molecule has 3 N–H and O–H groups in total. The van der Waals surface area contributed by atoms with Crippen LogP contribution in [0.4, 0.5) is 12.0 Å². The summed E-state index contributed by atoms with van der Waals surface area (Å²) in [7, 11) is 0. The van der Waals surface area contributed by atoms with Gasteiger partial charge in [0.2, 0.25) is 0 Å². The van der Waals surface area contributed by atoms with Crippen molar-refractivity contribution >= 4 is 12.0 Å². The van der Waals surface area contributed by atoms with Crippen molar-refractivity contribution in [2.45, 2.75) is 44.6 Å². The lowest BCUT2D eigenvalue weighted by molar-refractivity contribution is 0.547. The highest BCUT2D eigenvalue weighted by Crippen LogP contribution is 2.20. The first-order chi connectivity index (χ1) is 6.84. The van der Waals surface area contributed by atoms with Gasteiger partial charge in [-0.1, -0.05) is 35.9 Å². The molecular formula is C9H16N4O. The zero-order valence-corrected chi connectivity index (χ0v) is 8.20. The minimum atomic E-state index is 0.126. The van der Waals surface area contributed by atoms with Crippen LogP contribution in [0, 0.1) is 0 Å². The van der Waals surface area contributed by atoms with Gasteiger partial charge in [-0.15, -0.1) is 0 Å². The van der Waals surface area contributed by atoms with Crippen LogP contribution in [-0.2, 0) is 0 Å². The van der Waals surface area contributed by atoms with Crippen LogP contribution in [0.2, 0.25) is 0 Å². The number of nitrogens with two attached hydrogens (primary N) is 1.